The number of hydrogen-bond acceptors (Lipinski definition) is 7. The first-order valence-electron chi connectivity index (χ1n) is 15.3. The lowest BCUT2D eigenvalue weighted by molar-refractivity contribution is -0.140. The summed E-state index contributed by atoms with van der Waals surface area (Å²) in [5, 5.41) is 3.09. The van der Waals surface area contributed by atoms with Gasteiger partial charge in [-0.2, -0.15) is 0 Å². The summed E-state index contributed by atoms with van der Waals surface area (Å²) >= 11 is 6.38. The van der Waals surface area contributed by atoms with Gasteiger partial charge in [0, 0.05) is 30.6 Å². The molecule has 4 rings (SSSR count). The lowest BCUT2D eigenvalue weighted by Gasteiger charge is -2.34. The summed E-state index contributed by atoms with van der Waals surface area (Å²) in [7, 11) is -0.242. The van der Waals surface area contributed by atoms with E-state index >= 15 is 0 Å². The van der Waals surface area contributed by atoms with Crippen LogP contribution in [0.15, 0.2) is 95.9 Å². The molecule has 0 spiro atoms. The van der Waals surface area contributed by atoms with Crippen molar-refractivity contribution in [1.29, 1.82) is 0 Å². The summed E-state index contributed by atoms with van der Waals surface area (Å²) in [6.45, 7) is 3.46. The zero-order valence-electron chi connectivity index (χ0n) is 27.6. The second-order valence-corrected chi connectivity index (χ2v) is 13.3. The summed E-state index contributed by atoms with van der Waals surface area (Å²) < 4.78 is 46.2. The molecular formula is C36H40ClN3O7S. The molecule has 0 unspecified atom stereocenters. The zero-order chi connectivity index (χ0) is 34.8. The number of likely N-dealkylation sites (N-methyl/N-ethyl adjacent to an activating group) is 1. The fraction of sp³-hybridized carbons (Fsp3) is 0.278. The lowest BCUT2D eigenvalue weighted by Crippen LogP contribution is -2.53. The topological polar surface area (TPSA) is 114 Å². The molecule has 0 saturated heterocycles. The van der Waals surface area contributed by atoms with E-state index < -0.39 is 28.5 Å². The number of anilines is 1. The van der Waals surface area contributed by atoms with Crippen LogP contribution in [0.4, 0.5) is 5.69 Å². The Morgan fingerprint density at radius 3 is 2.08 bits per heavy atom. The van der Waals surface area contributed by atoms with Crippen LogP contribution in [0.3, 0.4) is 0 Å². The number of sulfonamides is 1. The van der Waals surface area contributed by atoms with Crippen molar-refractivity contribution in [2.24, 2.45) is 0 Å². The molecule has 1 atom stereocenters. The predicted octanol–water partition coefficient (Wildman–Crippen LogP) is 5.65. The molecule has 0 saturated carbocycles. The number of methoxy groups -OCH3 is 3. The smallest absolute Gasteiger partial charge is 0.265 e. The van der Waals surface area contributed by atoms with Gasteiger partial charge in [-0.05, 0) is 55.3 Å². The first-order chi connectivity index (χ1) is 23.0. The van der Waals surface area contributed by atoms with Crippen molar-refractivity contribution in [3.05, 3.63) is 113 Å². The molecular weight excluding hydrogens is 654 g/mol. The Morgan fingerprint density at radius 2 is 1.46 bits per heavy atom. The van der Waals surface area contributed by atoms with Gasteiger partial charge >= 0.3 is 0 Å². The van der Waals surface area contributed by atoms with Crippen LogP contribution >= 0.6 is 11.6 Å². The quantitative estimate of drug-likeness (QED) is 0.171. The SMILES string of the molecule is CCNC(=O)[C@H](Cc1ccccc1)N(Cc1ccc(C)cc1)C(=O)CN(c1cc(Cl)ccc1OC)S(=O)(=O)c1ccc(OC)c(OC)c1. The van der Waals surface area contributed by atoms with E-state index in [2.05, 4.69) is 5.32 Å². The highest BCUT2D eigenvalue weighted by Gasteiger charge is 2.36. The molecule has 0 aromatic heterocycles. The van der Waals surface area contributed by atoms with E-state index in [1.165, 1.54) is 56.6 Å². The van der Waals surface area contributed by atoms with Crippen molar-refractivity contribution in [2.75, 3.05) is 38.7 Å². The number of rotatable bonds is 15. The van der Waals surface area contributed by atoms with Crippen LogP contribution < -0.4 is 23.8 Å². The molecule has 0 heterocycles. The normalized spacial score (nSPS) is 11.7. The molecule has 0 aliphatic rings. The summed E-state index contributed by atoms with van der Waals surface area (Å²) in [6.07, 6.45) is 0.202. The molecule has 1 N–H and O–H groups in total. The van der Waals surface area contributed by atoms with Gasteiger partial charge < -0.3 is 24.4 Å². The molecule has 12 heteroatoms. The maximum atomic E-state index is 14.6. The molecule has 48 heavy (non-hydrogen) atoms. The highest BCUT2D eigenvalue weighted by molar-refractivity contribution is 7.92. The highest BCUT2D eigenvalue weighted by Crippen LogP contribution is 2.37. The number of halogens is 1. The largest absolute Gasteiger partial charge is 0.495 e. The van der Waals surface area contributed by atoms with E-state index in [1.807, 2.05) is 61.5 Å². The Bertz CT molecular complexity index is 1820. The second kappa shape index (κ2) is 16.4. The standard InChI is InChI=1S/C36H40ClN3O7S/c1-6-38-36(42)31(20-26-10-8-7-9-11-26)39(23-27-14-12-25(2)13-15-27)35(41)24-40(30-21-28(37)16-18-32(30)45-3)48(43,44)29-17-19-33(46-4)34(22-29)47-5/h7-19,21-22,31H,6,20,23-24H2,1-5H3,(H,38,42)/t31-/m0/s1. The minimum Gasteiger partial charge on any atom is -0.495 e. The Hall–Kier alpha value is -4.74. The van der Waals surface area contributed by atoms with E-state index in [4.69, 9.17) is 25.8 Å². The number of nitrogens with one attached hydrogen (secondary N) is 1. The van der Waals surface area contributed by atoms with E-state index in [0.29, 0.717) is 12.3 Å². The number of benzene rings is 4. The van der Waals surface area contributed by atoms with Crippen LogP contribution in [0.2, 0.25) is 5.02 Å². The van der Waals surface area contributed by atoms with Crippen LogP contribution in [0.25, 0.3) is 0 Å². The molecule has 254 valence electrons. The first-order valence-corrected chi connectivity index (χ1v) is 17.1. The van der Waals surface area contributed by atoms with Crippen molar-refractivity contribution in [2.45, 2.75) is 37.8 Å². The summed E-state index contributed by atoms with van der Waals surface area (Å²) in [6, 6.07) is 24.6. The van der Waals surface area contributed by atoms with Gasteiger partial charge in [0.05, 0.1) is 31.9 Å². The third-order valence-corrected chi connectivity index (χ3v) is 9.72. The average Bonchev–Trinajstić information content (AvgIpc) is 3.09. The maximum absolute atomic E-state index is 14.6. The van der Waals surface area contributed by atoms with E-state index in [-0.39, 0.29) is 46.0 Å². The molecule has 4 aromatic rings. The van der Waals surface area contributed by atoms with Crippen LogP contribution in [0.1, 0.15) is 23.6 Å². The summed E-state index contributed by atoms with van der Waals surface area (Å²) in [4.78, 5) is 29.6. The molecule has 0 radical (unpaired) electrons. The van der Waals surface area contributed by atoms with E-state index in [9.17, 15) is 18.0 Å². The zero-order valence-corrected chi connectivity index (χ0v) is 29.2. The fourth-order valence-electron chi connectivity index (χ4n) is 5.21. The van der Waals surface area contributed by atoms with Gasteiger partial charge in [-0.1, -0.05) is 71.8 Å². The van der Waals surface area contributed by atoms with Crippen LogP contribution in [0.5, 0.6) is 17.2 Å². The van der Waals surface area contributed by atoms with Crippen LogP contribution in [0, 0.1) is 6.92 Å². The molecule has 0 aliphatic heterocycles. The number of nitrogens with zero attached hydrogens (tertiary/aromatic N) is 2. The third-order valence-electron chi connectivity index (χ3n) is 7.73. The van der Waals surface area contributed by atoms with Gasteiger partial charge in [0.2, 0.25) is 11.8 Å². The van der Waals surface area contributed by atoms with Gasteiger partial charge in [0.25, 0.3) is 10.0 Å². The Morgan fingerprint density at radius 1 is 0.812 bits per heavy atom. The predicted molar refractivity (Wildman–Crippen MR) is 186 cm³/mol. The highest BCUT2D eigenvalue weighted by atomic mass is 35.5. The van der Waals surface area contributed by atoms with E-state index in [0.717, 1.165) is 21.0 Å². The second-order valence-electron chi connectivity index (χ2n) is 11.0. The van der Waals surface area contributed by atoms with Crippen molar-refractivity contribution >= 4 is 39.1 Å². The van der Waals surface area contributed by atoms with E-state index in [1.54, 1.807) is 13.0 Å². The van der Waals surface area contributed by atoms with Gasteiger partial charge in [0.1, 0.15) is 18.3 Å². The molecule has 0 bridgehead atoms. The molecule has 0 aliphatic carbocycles. The number of aryl methyl sites for hydroxylation is 1. The van der Waals surface area contributed by atoms with Gasteiger partial charge in [-0.25, -0.2) is 8.42 Å². The molecule has 2 amide bonds. The first kappa shape index (κ1) is 36.1. The maximum Gasteiger partial charge on any atom is 0.265 e. The summed E-state index contributed by atoms with van der Waals surface area (Å²) in [5.41, 5.74) is 2.68. The Kier molecular flexibility index (Phi) is 12.3. The number of amides is 2. The van der Waals surface area contributed by atoms with Gasteiger partial charge in [0.15, 0.2) is 11.5 Å². The van der Waals surface area contributed by atoms with Crippen molar-refractivity contribution in [3.63, 3.8) is 0 Å². The Balaban J connectivity index is 1.87. The van der Waals surface area contributed by atoms with Crippen molar-refractivity contribution < 1.29 is 32.2 Å². The van der Waals surface area contributed by atoms with Crippen LogP contribution in [-0.2, 0) is 32.6 Å². The Labute approximate surface area is 287 Å². The fourth-order valence-corrected chi connectivity index (χ4v) is 6.81. The minimum absolute atomic E-state index is 0.0426. The lowest BCUT2D eigenvalue weighted by atomic mass is 10.0. The number of ether oxygens (including phenoxy) is 3. The minimum atomic E-state index is -4.47. The van der Waals surface area contributed by atoms with Crippen LogP contribution in [-0.4, -0.2) is 65.6 Å². The molecule has 0 fully saturated rings. The monoisotopic (exact) mass is 693 g/mol. The van der Waals surface area contributed by atoms with Gasteiger partial charge in [-0.3, -0.25) is 13.9 Å². The average molecular weight is 694 g/mol. The van der Waals surface area contributed by atoms with Gasteiger partial charge in [-0.15, -0.1) is 0 Å². The number of carbonyl (C=O) groups is 2. The number of carbonyl (C=O) groups excluding carboxylic acids is 2. The van der Waals surface area contributed by atoms with Crippen molar-refractivity contribution in [1.82, 2.24) is 10.2 Å². The summed E-state index contributed by atoms with van der Waals surface area (Å²) in [5.74, 6) is -0.298. The van der Waals surface area contributed by atoms with Crippen molar-refractivity contribution in [3.8, 4) is 17.2 Å². The third kappa shape index (κ3) is 8.59. The molecule has 10 nitrogen and oxygen atoms in total. The molecule has 4 aromatic carbocycles. The number of hydrogen-bond donors (Lipinski definition) is 1.